The Hall–Kier alpha value is -2.51. The molecule has 0 radical (unpaired) electrons. The fourth-order valence-corrected chi connectivity index (χ4v) is 1.80. The van der Waals surface area contributed by atoms with Crippen molar-refractivity contribution in [3.8, 4) is 17.0 Å². The number of carbonyl (C=O) groups is 1. The highest BCUT2D eigenvalue weighted by Gasteiger charge is 2.35. The van der Waals surface area contributed by atoms with Crippen LogP contribution in [0, 0.1) is 0 Å². The van der Waals surface area contributed by atoms with Crippen LogP contribution >= 0.6 is 0 Å². The van der Waals surface area contributed by atoms with E-state index in [1.54, 1.807) is 0 Å². The second kappa shape index (κ2) is 4.55. The first-order chi connectivity index (χ1) is 9.21. The Morgan fingerprint density at radius 1 is 1.35 bits per heavy atom. The average molecular weight is 286 g/mol. The number of aryl methyl sites for hydroxylation is 1. The Kier molecular flexibility index (Phi) is 3.16. The SMILES string of the molecule is Cn1nc(C(=O)O)cc1-c1cccc(C(F)(F)F)c1O. The highest BCUT2D eigenvalue weighted by molar-refractivity contribution is 5.87. The van der Waals surface area contributed by atoms with Crippen molar-refractivity contribution in [1.29, 1.82) is 0 Å². The predicted octanol–water partition coefficient (Wildman–Crippen LogP) is 2.51. The van der Waals surface area contributed by atoms with Gasteiger partial charge in [-0.3, -0.25) is 4.68 Å². The van der Waals surface area contributed by atoms with E-state index >= 15 is 0 Å². The molecular weight excluding hydrogens is 277 g/mol. The van der Waals surface area contributed by atoms with Crippen LogP contribution in [0.15, 0.2) is 24.3 Å². The summed E-state index contributed by atoms with van der Waals surface area (Å²) in [6, 6.07) is 4.23. The van der Waals surface area contributed by atoms with Crippen LogP contribution in [-0.2, 0) is 13.2 Å². The fourth-order valence-electron chi connectivity index (χ4n) is 1.80. The molecule has 20 heavy (non-hydrogen) atoms. The van der Waals surface area contributed by atoms with Crippen LogP contribution in [0.1, 0.15) is 16.1 Å². The largest absolute Gasteiger partial charge is 0.507 e. The summed E-state index contributed by atoms with van der Waals surface area (Å²) in [6.45, 7) is 0. The number of halogens is 3. The molecule has 8 heteroatoms. The van der Waals surface area contributed by atoms with Gasteiger partial charge >= 0.3 is 12.1 Å². The summed E-state index contributed by atoms with van der Waals surface area (Å²) in [4.78, 5) is 10.8. The van der Waals surface area contributed by atoms with Gasteiger partial charge in [-0.2, -0.15) is 18.3 Å². The minimum Gasteiger partial charge on any atom is -0.507 e. The molecule has 1 aromatic carbocycles. The highest BCUT2D eigenvalue weighted by atomic mass is 19.4. The minimum absolute atomic E-state index is 0.0750. The van der Waals surface area contributed by atoms with E-state index < -0.39 is 23.5 Å². The Labute approximate surface area is 110 Å². The summed E-state index contributed by atoms with van der Waals surface area (Å²) in [5, 5.41) is 22.2. The molecule has 0 saturated heterocycles. The van der Waals surface area contributed by atoms with E-state index in [0.717, 1.165) is 22.9 Å². The molecule has 0 saturated carbocycles. The molecule has 0 aliphatic carbocycles. The molecule has 1 heterocycles. The first kappa shape index (κ1) is 13.9. The number of phenolic OH excluding ortho intramolecular Hbond substituents is 1. The molecule has 5 nitrogen and oxygen atoms in total. The molecule has 0 fully saturated rings. The summed E-state index contributed by atoms with van der Waals surface area (Å²) in [5.74, 6) is -2.27. The van der Waals surface area contributed by atoms with Crippen molar-refractivity contribution in [2.24, 2.45) is 7.05 Å². The van der Waals surface area contributed by atoms with Gasteiger partial charge in [0.1, 0.15) is 5.75 Å². The normalized spacial score (nSPS) is 11.6. The number of carboxylic acid groups (broad SMARTS) is 1. The number of nitrogens with zero attached hydrogens (tertiary/aromatic N) is 2. The van der Waals surface area contributed by atoms with Crippen molar-refractivity contribution in [1.82, 2.24) is 9.78 Å². The van der Waals surface area contributed by atoms with E-state index in [9.17, 15) is 23.1 Å². The number of aromatic hydroxyl groups is 1. The monoisotopic (exact) mass is 286 g/mol. The predicted molar refractivity (Wildman–Crippen MR) is 62.3 cm³/mol. The number of hydrogen-bond acceptors (Lipinski definition) is 3. The smallest absolute Gasteiger partial charge is 0.419 e. The second-order valence-corrected chi connectivity index (χ2v) is 4.04. The van der Waals surface area contributed by atoms with Crippen LogP contribution in [0.2, 0.25) is 0 Å². The van der Waals surface area contributed by atoms with Crippen molar-refractivity contribution >= 4 is 5.97 Å². The van der Waals surface area contributed by atoms with Gasteiger partial charge in [0.25, 0.3) is 0 Å². The van der Waals surface area contributed by atoms with Gasteiger partial charge in [0.05, 0.1) is 11.3 Å². The van der Waals surface area contributed by atoms with Crippen LogP contribution in [0.5, 0.6) is 5.75 Å². The standard InChI is InChI=1S/C12H9F3N2O3/c1-17-9(5-8(16-17)11(19)20)6-3-2-4-7(10(6)18)12(13,14)15/h2-5,18H,1H3,(H,19,20). The van der Waals surface area contributed by atoms with Gasteiger partial charge in [-0.05, 0) is 18.2 Å². The van der Waals surface area contributed by atoms with Crippen molar-refractivity contribution in [3.63, 3.8) is 0 Å². The Balaban J connectivity index is 2.62. The van der Waals surface area contributed by atoms with Crippen molar-refractivity contribution in [2.75, 3.05) is 0 Å². The molecule has 0 bridgehead atoms. The molecule has 0 amide bonds. The molecule has 0 aliphatic rings. The number of para-hydroxylation sites is 1. The lowest BCUT2D eigenvalue weighted by atomic mass is 10.1. The van der Waals surface area contributed by atoms with Crippen LogP contribution in [0.3, 0.4) is 0 Å². The van der Waals surface area contributed by atoms with Gasteiger partial charge in [-0.25, -0.2) is 4.79 Å². The molecule has 0 atom stereocenters. The van der Waals surface area contributed by atoms with Gasteiger partial charge in [-0.1, -0.05) is 6.07 Å². The zero-order valence-corrected chi connectivity index (χ0v) is 10.1. The maximum absolute atomic E-state index is 12.7. The third-order valence-corrected chi connectivity index (χ3v) is 2.72. The molecule has 0 aliphatic heterocycles. The summed E-state index contributed by atoms with van der Waals surface area (Å²) >= 11 is 0. The highest BCUT2D eigenvalue weighted by Crippen LogP contribution is 2.41. The lowest BCUT2D eigenvalue weighted by Crippen LogP contribution is -2.06. The molecule has 1 aromatic heterocycles. The van der Waals surface area contributed by atoms with Gasteiger partial charge in [0, 0.05) is 12.6 Å². The van der Waals surface area contributed by atoms with E-state index in [-0.39, 0.29) is 17.0 Å². The molecule has 0 spiro atoms. The lowest BCUT2D eigenvalue weighted by Gasteiger charge is -2.12. The van der Waals surface area contributed by atoms with E-state index in [1.807, 2.05) is 0 Å². The minimum atomic E-state index is -4.70. The van der Waals surface area contributed by atoms with E-state index in [2.05, 4.69) is 5.10 Å². The maximum atomic E-state index is 12.7. The zero-order valence-electron chi connectivity index (χ0n) is 10.1. The van der Waals surface area contributed by atoms with Gasteiger partial charge in [-0.15, -0.1) is 0 Å². The van der Waals surface area contributed by atoms with E-state index in [4.69, 9.17) is 5.11 Å². The number of alkyl halides is 3. The third-order valence-electron chi connectivity index (χ3n) is 2.72. The molecule has 2 rings (SSSR count). The number of carboxylic acids is 1. The first-order valence-electron chi connectivity index (χ1n) is 5.38. The zero-order chi connectivity index (χ0) is 15.1. The molecule has 106 valence electrons. The van der Waals surface area contributed by atoms with Crippen LogP contribution in [-0.4, -0.2) is 26.0 Å². The maximum Gasteiger partial charge on any atom is 0.419 e. The Morgan fingerprint density at radius 2 is 2.00 bits per heavy atom. The van der Waals surface area contributed by atoms with Gasteiger partial charge in [0.2, 0.25) is 0 Å². The Bertz CT molecular complexity index is 677. The molecule has 0 unspecified atom stereocenters. The third kappa shape index (κ3) is 2.31. The van der Waals surface area contributed by atoms with Crippen LogP contribution < -0.4 is 0 Å². The number of benzene rings is 1. The summed E-state index contributed by atoms with van der Waals surface area (Å²) in [6.07, 6.45) is -4.70. The topological polar surface area (TPSA) is 75.4 Å². The summed E-state index contributed by atoms with van der Waals surface area (Å²) in [5.41, 5.74) is -1.57. The number of aromatic nitrogens is 2. The van der Waals surface area contributed by atoms with E-state index in [0.29, 0.717) is 0 Å². The number of phenols is 1. The van der Waals surface area contributed by atoms with Crippen molar-refractivity contribution < 1.29 is 28.2 Å². The van der Waals surface area contributed by atoms with Crippen molar-refractivity contribution in [3.05, 3.63) is 35.5 Å². The van der Waals surface area contributed by atoms with Gasteiger partial charge in [0.15, 0.2) is 5.69 Å². The lowest BCUT2D eigenvalue weighted by molar-refractivity contribution is -0.138. The van der Waals surface area contributed by atoms with Crippen molar-refractivity contribution in [2.45, 2.75) is 6.18 Å². The number of aromatic carboxylic acids is 1. The second-order valence-electron chi connectivity index (χ2n) is 4.04. The number of rotatable bonds is 2. The molecular formula is C12H9F3N2O3. The average Bonchev–Trinajstić information content (AvgIpc) is 2.70. The first-order valence-corrected chi connectivity index (χ1v) is 5.38. The molecule has 2 aromatic rings. The molecule has 2 N–H and O–H groups in total. The fraction of sp³-hybridized carbons (Fsp3) is 0.167. The number of hydrogen-bond donors (Lipinski definition) is 2. The van der Waals surface area contributed by atoms with Crippen LogP contribution in [0.4, 0.5) is 13.2 Å². The Morgan fingerprint density at radius 3 is 2.50 bits per heavy atom. The van der Waals surface area contributed by atoms with E-state index in [1.165, 1.54) is 13.1 Å². The quantitative estimate of drug-likeness (QED) is 0.889. The van der Waals surface area contributed by atoms with Gasteiger partial charge < -0.3 is 10.2 Å². The summed E-state index contributed by atoms with van der Waals surface area (Å²) < 4.78 is 39.2. The summed E-state index contributed by atoms with van der Waals surface area (Å²) in [7, 11) is 1.38. The van der Waals surface area contributed by atoms with Crippen LogP contribution in [0.25, 0.3) is 11.3 Å².